The lowest BCUT2D eigenvalue weighted by molar-refractivity contribution is 0.656. The molecule has 0 aliphatic carbocycles. The summed E-state index contributed by atoms with van der Waals surface area (Å²) in [6.07, 6.45) is 1.87. The number of rotatable bonds is 2. The zero-order chi connectivity index (χ0) is 9.97. The van der Waals surface area contributed by atoms with Gasteiger partial charge in [0.05, 0.1) is 5.52 Å². The highest BCUT2D eigenvalue weighted by Crippen LogP contribution is 2.21. The van der Waals surface area contributed by atoms with Crippen LogP contribution in [0.25, 0.3) is 10.9 Å². The van der Waals surface area contributed by atoms with E-state index in [1.807, 2.05) is 25.4 Å². The van der Waals surface area contributed by atoms with Crippen molar-refractivity contribution in [1.29, 1.82) is 0 Å². The first-order valence-corrected chi connectivity index (χ1v) is 4.84. The zero-order valence-corrected chi connectivity index (χ0v) is 8.49. The molecule has 0 amide bonds. The first-order valence-electron chi connectivity index (χ1n) is 4.84. The SMILES string of the molecule is CN[C@@H](C)c1ccnc2ccccc12. The lowest BCUT2D eigenvalue weighted by atomic mass is 10.0. The molecule has 1 aromatic carbocycles. The lowest BCUT2D eigenvalue weighted by Crippen LogP contribution is -2.12. The Hall–Kier alpha value is -1.41. The van der Waals surface area contributed by atoms with E-state index in [1.54, 1.807) is 0 Å². The van der Waals surface area contributed by atoms with Crippen molar-refractivity contribution in [3.63, 3.8) is 0 Å². The van der Waals surface area contributed by atoms with E-state index in [4.69, 9.17) is 0 Å². The number of nitrogens with one attached hydrogen (secondary N) is 1. The third-order valence-electron chi connectivity index (χ3n) is 2.58. The molecule has 14 heavy (non-hydrogen) atoms. The molecule has 0 aliphatic heterocycles. The molecule has 0 aliphatic rings. The van der Waals surface area contributed by atoms with Crippen molar-refractivity contribution in [2.24, 2.45) is 0 Å². The Morgan fingerprint density at radius 2 is 2.00 bits per heavy atom. The van der Waals surface area contributed by atoms with E-state index in [1.165, 1.54) is 10.9 Å². The third-order valence-corrected chi connectivity index (χ3v) is 2.58. The number of nitrogens with zero attached hydrogens (tertiary/aromatic N) is 1. The fourth-order valence-electron chi connectivity index (χ4n) is 1.65. The summed E-state index contributed by atoms with van der Waals surface area (Å²) in [7, 11) is 1.97. The topological polar surface area (TPSA) is 24.9 Å². The van der Waals surface area contributed by atoms with Gasteiger partial charge in [-0.2, -0.15) is 0 Å². The van der Waals surface area contributed by atoms with Crippen molar-refractivity contribution in [2.45, 2.75) is 13.0 Å². The molecule has 1 aromatic heterocycles. The van der Waals surface area contributed by atoms with Gasteiger partial charge in [0.1, 0.15) is 0 Å². The van der Waals surface area contributed by atoms with Gasteiger partial charge in [-0.3, -0.25) is 4.98 Å². The van der Waals surface area contributed by atoms with E-state index >= 15 is 0 Å². The van der Waals surface area contributed by atoms with Crippen LogP contribution in [0, 0.1) is 0 Å². The summed E-state index contributed by atoms with van der Waals surface area (Å²) in [6, 6.07) is 10.7. The quantitative estimate of drug-likeness (QED) is 0.779. The second-order valence-electron chi connectivity index (χ2n) is 3.43. The maximum absolute atomic E-state index is 4.33. The maximum Gasteiger partial charge on any atom is 0.0705 e. The first-order chi connectivity index (χ1) is 6.83. The van der Waals surface area contributed by atoms with E-state index < -0.39 is 0 Å². The smallest absolute Gasteiger partial charge is 0.0705 e. The first kappa shape index (κ1) is 9.16. The minimum absolute atomic E-state index is 0.364. The number of hydrogen-bond donors (Lipinski definition) is 1. The summed E-state index contributed by atoms with van der Waals surface area (Å²) in [4.78, 5) is 4.33. The molecule has 0 saturated carbocycles. The molecule has 0 unspecified atom stereocenters. The summed E-state index contributed by atoms with van der Waals surface area (Å²) in [5.41, 5.74) is 2.37. The van der Waals surface area contributed by atoms with Crippen molar-refractivity contribution in [3.05, 3.63) is 42.1 Å². The highest BCUT2D eigenvalue weighted by atomic mass is 14.9. The molecular formula is C12H14N2. The summed E-state index contributed by atoms with van der Waals surface area (Å²) >= 11 is 0. The molecule has 0 spiro atoms. The van der Waals surface area contributed by atoms with E-state index in [9.17, 15) is 0 Å². The van der Waals surface area contributed by atoms with Crippen LogP contribution in [-0.2, 0) is 0 Å². The van der Waals surface area contributed by atoms with Crippen LogP contribution in [0.3, 0.4) is 0 Å². The molecule has 2 nitrogen and oxygen atoms in total. The molecule has 1 atom stereocenters. The Kier molecular flexibility index (Phi) is 2.46. The van der Waals surface area contributed by atoms with Crippen molar-refractivity contribution in [1.82, 2.24) is 10.3 Å². The normalized spacial score (nSPS) is 13.0. The molecule has 2 heteroatoms. The molecule has 72 valence electrons. The molecule has 0 fully saturated rings. The molecule has 1 heterocycles. The van der Waals surface area contributed by atoms with Gasteiger partial charge in [0.15, 0.2) is 0 Å². The third kappa shape index (κ3) is 1.49. The molecule has 0 bridgehead atoms. The Balaban J connectivity index is 2.65. The van der Waals surface area contributed by atoms with Gasteiger partial charge in [0.2, 0.25) is 0 Å². The second-order valence-corrected chi connectivity index (χ2v) is 3.43. The molecule has 2 rings (SSSR count). The molecular weight excluding hydrogens is 172 g/mol. The second kappa shape index (κ2) is 3.76. The van der Waals surface area contributed by atoms with Crippen LogP contribution in [-0.4, -0.2) is 12.0 Å². The van der Waals surface area contributed by atoms with Gasteiger partial charge in [-0.05, 0) is 31.7 Å². The monoisotopic (exact) mass is 186 g/mol. The van der Waals surface area contributed by atoms with Crippen LogP contribution in [0.2, 0.25) is 0 Å². The minimum Gasteiger partial charge on any atom is -0.313 e. The average Bonchev–Trinajstić information content (AvgIpc) is 2.27. The van der Waals surface area contributed by atoms with Crippen LogP contribution in [0.4, 0.5) is 0 Å². The van der Waals surface area contributed by atoms with Crippen LogP contribution in [0.5, 0.6) is 0 Å². The van der Waals surface area contributed by atoms with Gasteiger partial charge in [-0.25, -0.2) is 0 Å². The Morgan fingerprint density at radius 3 is 2.79 bits per heavy atom. The zero-order valence-electron chi connectivity index (χ0n) is 8.49. The van der Waals surface area contributed by atoms with Crippen molar-refractivity contribution >= 4 is 10.9 Å². The fraction of sp³-hybridized carbons (Fsp3) is 0.250. The predicted octanol–water partition coefficient (Wildman–Crippen LogP) is 2.52. The number of benzene rings is 1. The van der Waals surface area contributed by atoms with Crippen LogP contribution in [0.1, 0.15) is 18.5 Å². The highest BCUT2D eigenvalue weighted by Gasteiger charge is 2.06. The van der Waals surface area contributed by atoms with Crippen LogP contribution < -0.4 is 5.32 Å². The van der Waals surface area contributed by atoms with Gasteiger partial charge in [0.25, 0.3) is 0 Å². The number of para-hydroxylation sites is 1. The summed E-state index contributed by atoms with van der Waals surface area (Å²) in [5.74, 6) is 0. The van der Waals surface area contributed by atoms with Gasteiger partial charge in [0, 0.05) is 17.6 Å². The van der Waals surface area contributed by atoms with Gasteiger partial charge in [-0.15, -0.1) is 0 Å². The van der Waals surface area contributed by atoms with Crippen LogP contribution >= 0.6 is 0 Å². The summed E-state index contributed by atoms with van der Waals surface area (Å²) < 4.78 is 0. The molecule has 2 aromatic rings. The van der Waals surface area contributed by atoms with Gasteiger partial charge in [-0.1, -0.05) is 18.2 Å². The summed E-state index contributed by atoms with van der Waals surface area (Å²) in [6.45, 7) is 2.15. The Labute approximate surface area is 84.0 Å². The maximum atomic E-state index is 4.33. The largest absolute Gasteiger partial charge is 0.313 e. The van der Waals surface area contributed by atoms with E-state index in [0.717, 1.165) is 5.52 Å². The van der Waals surface area contributed by atoms with E-state index in [2.05, 4.69) is 35.4 Å². The van der Waals surface area contributed by atoms with Gasteiger partial charge < -0.3 is 5.32 Å². The fourth-order valence-corrected chi connectivity index (χ4v) is 1.65. The number of pyridine rings is 1. The van der Waals surface area contributed by atoms with E-state index in [0.29, 0.717) is 6.04 Å². The average molecular weight is 186 g/mol. The van der Waals surface area contributed by atoms with Crippen molar-refractivity contribution in [2.75, 3.05) is 7.05 Å². The molecule has 0 radical (unpaired) electrons. The predicted molar refractivity (Wildman–Crippen MR) is 59.2 cm³/mol. The standard InChI is InChI=1S/C12H14N2/c1-9(13-2)10-7-8-14-12-6-4-3-5-11(10)12/h3-9,13H,1-2H3/t9-/m0/s1. The van der Waals surface area contributed by atoms with Crippen molar-refractivity contribution in [3.8, 4) is 0 Å². The number of aromatic nitrogens is 1. The van der Waals surface area contributed by atoms with Crippen molar-refractivity contribution < 1.29 is 0 Å². The summed E-state index contributed by atoms with van der Waals surface area (Å²) in [5, 5.41) is 4.48. The molecule has 1 N–H and O–H groups in total. The van der Waals surface area contributed by atoms with Crippen LogP contribution in [0.15, 0.2) is 36.5 Å². The Morgan fingerprint density at radius 1 is 1.21 bits per heavy atom. The highest BCUT2D eigenvalue weighted by molar-refractivity contribution is 5.82. The lowest BCUT2D eigenvalue weighted by Gasteiger charge is -2.12. The number of fused-ring (bicyclic) bond motifs is 1. The van der Waals surface area contributed by atoms with Gasteiger partial charge >= 0.3 is 0 Å². The number of hydrogen-bond acceptors (Lipinski definition) is 2. The molecule has 0 saturated heterocycles. The van der Waals surface area contributed by atoms with E-state index in [-0.39, 0.29) is 0 Å². The Bertz CT molecular complexity index is 432. The minimum atomic E-state index is 0.364.